The number of aromatic nitrogens is 6. The minimum absolute atomic E-state index is 0.300. The maximum atomic E-state index is 15.4. The van der Waals surface area contributed by atoms with Gasteiger partial charge in [-0.3, -0.25) is 10.1 Å². The number of benzene rings is 2. The van der Waals surface area contributed by atoms with Crippen molar-refractivity contribution in [1.29, 1.82) is 0 Å². The van der Waals surface area contributed by atoms with E-state index in [-0.39, 0.29) is 5.82 Å². The van der Waals surface area contributed by atoms with Crippen LogP contribution < -0.4 is 10.6 Å². The van der Waals surface area contributed by atoms with Crippen molar-refractivity contribution in [3.05, 3.63) is 72.7 Å². The molecule has 0 amide bonds. The molecule has 6 rings (SSSR count). The van der Waals surface area contributed by atoms with Gasteiger partial charge in [0.05, 0.1) is 17.4 Å². The van der Waals surface area contributed by atoms with Crippen LogP contribution >= 0.6 is 0 Å². The fraction of sp³-hybridized carbons (Fsp3) is 0.273. The van der Waals surface area contributed by atoms with E-state index in [1.54, 1.807) is 36.8 Å². The molecule has 6 aromatic rings. The van der Waals surface area contributed by atoms with Gasteiger partial charge in [0, 0.05) is 59.3 Å². The summed E-state index contributed by atoms with van der Waals surface area (Å²) in [6.45, 7) is 5.52. The number of nitrogens with one attached hydrogen (secondary N) is 4. The molecular formula is C33H35F2N9O. The lowest BCUT2D eigenvalue weighted by atomic mass is 10.0. The predicted molar refractivity (Wildman–Crippen MR) is 174 cm³/mol. The van der Waals surface area contributed by atoms with Crippen LogP contribution in [0.2, 0.25) is 0 Å². The Morgan fingerprint density at radius 1 is 0.978 bits per heavy atom. The fourth-order valence-electron chi connectivity index (χ4n) is 5.33. The number of aliphatic hydroxyl groups excluding tert-OH is 1. The van der Waals surface area contributed by atoms with Gasteiger partial charge in [0.1, 0.15) is 29.1 Å². The summed E-state index contributed by atoms with van der Waals surface area (Å²) < 4.78 is 30.0. The number of H-pyrrole nitrogens is 2. The van der Waals surface area contributed by atoms with Crippen molar-refractivity contribution in [3.8, 4) is 33.8 Å². The maximum Gasteiger partial charge on any atom is 0.160 e. The van der Waals surface area contributed by atoms with Gasteiger partial charge < -0.3 is 25.6 Å². The molecule has 45 heavy (non-hydrogen) atoms. The third-order valence-electron chi connectivity index (χ3n) is 7.43. The maximum absolute atomic E-state index is 15.4. The molecule has 0 bridgehead atoms. The molecule has 12 heteroatoms. The molecule has 4 heterocycles. The third kappa shape index (κ3) is 6.61. The monoisotopic (exact) mass is 611 g/mol. The summed E-state index contributed by atoms with van der Waals surface area (Å²) in [4.78, 5) is 18.8. The Morgan fingerprint density at radius 3 is 2.60 bits per heavy atom. The highest BCUT2D eigenvalue weighted by atomic mass is 19.1. The lowest BCUT2D eigenvalue weighted by Crippen LogP contribution is -2.20. The van der Waals surface area contributed by atoms with Gasteiger partial charge in [-0.2, -0.15) is 5.10 Å². The SMILES string of the molecule is CC(C)CC(O)Nc1cncc(-c2cc3c(-c4nc5c(-c6cc(F)cc(NCCN(C)C)c6)ccnc5[nH]4)n[nH]c3cc2F)c1. The van der Waals surface area contributed by atoms with E-state index in [2.05, 4.69) is 35.8 Å². The normalized spacial score (nSPS) is 12.5. The first kappa shape index (κ1) is 30.1. The second-order valence-electron chi connectivity index (χ2n) is 11.8. The molecule has 0 radical (unpaired) electrons. The highest BCUT2D eigenvalue weighted by Crippen LogP contribution is 2.35. The Balaban J connectivity index is 1.36. The van der Waals surface area contributed by atoms with Crippen molar-refractivity contribution in [1.82, 2.24) is 35.0 Å². The largest absolute Gasteiger partial charge is 0.384 e. The number of imidazole rings is 1. The minimum atomic E-state index is -0.750. The number of hydrogen-bond acceptors (Lipinski definition) is 8. The second-order valence-corrected chi connectivity index (χ2v) is 11.8. The Hall–Kier alpha value is -4.94. The minimum Gasteiger partial charge on any atom is -0.384 e. The molecule has 2 aromatic carbocycles. The number of likely N-dealkylation sites (N-methyl/N-ethyl adjacent to an activating group) is 1. The van der Waals surface area contributed by atoms with Crippen LogP contribution in [-0.4, -0.2) is 73.6 Å². The van der Waals surface area contributed by atoms with E-state index >= 15 is 4.39 Å². The third-order valence-corrected chi connectivity index (χ3v) is 7.43. The van der Waals surface area contributed by atoms with E-state index in [4.69, 9.17) is 4.98 Å². The van der Waals surface area contributed by atoms with Crippen molar-refractivity contribution in [2.45, 2.75) is 26.5 Å². The number of nitrogens with zero attached hydrogens (tertiary/aromatic N) is 5. The molecule has 5 N–H and O–H groups in total. The highest BCUT2D eigenvalue weighted by Gasteiger charge is 2.19. The summed E-state index contributed by atoms with van der Waals surface area (Å²) in [6.07, 6.45) is 4.62. The molecule has 0 fully saturated rings. The first-order valence-corrected chi connectivity index (χ1v) is 14.8. The molecular weight excluding hydrogens is 576 g/mol. The van der Waals surface area contributed by atoms with Gasteiger partial charge in [-0.15, -0.1) is 0 Å². The van der Waals surface area contributed by atoms with E-state index in [0.29, 0.717) is 86.1 Å². The van der Waals surface area contributed by atoms with Crippen molar-refractivity contribution < 1.29 is 13.9 Å². The van der Waals surface area contributed by atoms with Gasteiger partial charge in [-0.1, -0.05) is 13.8 Å². The molecule has 0 aliphatic carbocycles. The van der Waals surface area contributed by atoms with Gasteiger partial charge in [-0.25, -0.2) is 18.7 Å². The number of rotatable bonds is 11. The molecule has 10 nitrogen and oxygen atoms in total. The zero-order valence-electron chi connectivity index (χ0n) is 25.5. The summed E-state index contributed by atoms with van der Waals surface area (Å²) in [5.74, 6) is -0.0838. The standard InChI is InChI=1S/C33H35F2N9O/c1-18(2)9-29(45)39-23-12-20(16-36-17-23)25-14-26-28(15-27(25)35)42-43-31(26)33-40-30-24(5-6-38-32(30)41-33)19-10-21(34)13-22(11-19)37-7-8-44(3)4/h5-6,10-18,29,37,39,45H,7-9H2,1-4H3,(H,42,43)(H,38,40,41). The van der Waals surface area contributed by atoms with E-state index < -0.39 is 12.0 Å². The van der Waals surface area contributed by atoms with Crippen LogP contribution in [0.15, 0.2) is 61.1 Å². The number of halogens is 2. The molecule has 1 unspecified atom stereocenters. The van der Waals surface area contributed by atoms with E-state index in [1.807, 2.05) is 38.9 Å². The molecule has 0 aliphatic heterocycles. The van der Waals surface area contributed by atoms with Crippen LogP contribution in [0.5, 0.6) is 0 Å². The van der Waals surface area contributed by atoms with Crippen LogP contribution in [-0.2, 0) is 0 Å². The van der Waals surface area contributed by atoms with E-state index in [9.17, 15) is 9.50 Å². The Kier molecular flexibility index (Phi) is 8.42. The number of aliphatic hydroxyl groups is 1. The summed E-state index contributed by atoms with van der Waals surface area (Å²) in [5.41, 5.74) is 5.52. The first-order chi connectivity index (χ1) is 21.6. The fourth-order valence-corrected chi connectivity index (χ4v) is 5.33. The molecule has 0 saturated carbocycles. The molecule has 1 atom stereocenters. The summed E-state index contributed by atoms with van der Waals surface area (Å²) in [5, 5.41) is 24.6. The number of anilines is 2. The van der Waals surface area contributed by atoms with Gasteiger partial charge in [0.25, 0.3) is 0 Å². The summed E-state index contributed by atoms with van der Waals surface area (Å²) >= 11 is 0. The van der Waals surface area contributed by atoms with Crippen LogP contribution in [0, 0.1) is 17.6 Å². The van der Waals surface area contributed by atoms with Crippen LogP contribution in [0.3, 0.4) is 0 Å². The molecule has 0 saturated heterocycles. The first-order valence-electron chi connectivity index (χ1n) is 14.8. The van der Waals surface area contributed by atoms with Gasteiger partial charge in [0.2, 0.25) is 0 Å². The van der Waals surface area contributed by atoms with Crippen molar-refractivity contribution in [2.75, 3.05) is 37.8 Å². The van der Waals surface area contributed by atoms with Crippen molar-refractivity contribution >= 4 is 33.4 Å². The molecule has 0 spiro atoms. The van der Waals surface area contributed by atoms with Crippen molar-refractivity contribution in [3.63, 3.8) is 0 Å². The Labute approximate surface area is 259 Å². The summed E-state index contributed by atoms with van der Waals surface area (Å²) in [6, 6.07) is 11.5. The molecule has 4 aromatic heterocycles. The lowest BCUT2D eigenvalue weighted by Gasteiger charge is -2.16. The lowest BCUT2D eigenvalue weighted by molar-refractivity contribution is 0.176. The van der Waals surface area contributed by atoms with Gasteiger partial charge >= 0.3 is 0 Å². The zero-order chi connectivity index (χ0) is 31.7. The smallest absolute Gasteiger partial charge is 0.160 e. The van der Waals surface area contributed by atoms with Crippen LogP contribution in [0.25, 0.3) is 55.8 Å². The predicted octanol–water partition coefficient (Wildman–Crippen LogP) is 6.26. The zero-order valence-corrected chi connectivity index (χ0v) is 25.5. The highest BCUT2D eigenvalue weighted by molar-refractivity contribution is 5.97. The average molecular weight is 612 g/mol. The number of aromatic amines is 2. The number of pyridine rings is 2. The number of hydrogen-bond donors (Lipinski definition) is 5. The quantitative estimate of drug-likeness (QED) is 0.109. The average Bonchev–Trinajstić information content (AvgIpc) is 3.59. The van der Waals surface area contributed by atoms with Crippen LogP contribution in [0.4, 0.5) is 20.2 Å². The Morgan fingerprint density at radius 2 is 1.80 bits per heavy atom. The molecule has 232 valence electrons. The second kappa shape index (κ2) is 12.6. The van der Waals surface area contributed by atoms with Crippen LogP contribution in [0.1, 0.15) is 20.3 Å². The molecule has 0 aliphatic rings. The number of fused-ring (bicyclic) bond motifs is 2. The van der Waals surface area contributed by atoms with Gasteiger partial charge in [0.15, 0.2) is 11.5 Å². The van der Waals surface area contributed by atoms with Crippen molar-refractivity contribution in [2.24, 2.45) is 5.92 Å². The summed E-state index contributed by atoms with van der Waals surface area (Å²) in [7, 11) is 3.96. The van der Waals surface area contributed by atoms with Gasteiger partial charge in [-0.05, 0) is 68.4 Å². The Bertz CT molecular complexity index is 1970. The van der Waals surface area contributed by atoms with E-state index in [1.165, 1.54) is 18.2 Å². The topological polar surface area (TPSA) is 131 Å². The van der Waals surface area contributed by atoms with E-state index in [0.717, 1.165) is 6.54 Å².